The number of carbonyl (C=O) groups excluding carboxylic acids is 1. The summed E-state index contributed by atoms with van der Waals surface area (Å²) in [7, 11) is 0. The number of hydrogen-bond donors (Lipinski definition) is 3. The minimum absolute atomic E-state index is 0.0201. The molecule has 2 heterocycles. The summed E-state index contributed by atoms with van der Waals surface area (Å²) in [6, 6.07) is 8.19. The van der Waals surface area contributed by atoms with Gasteiger partial charge in [-0.15, -0.1) is 0 Å². The van der Waals surface area contributed by atoms with E-state index in [-0.39, 0.29) is 11.9 Å². The van der Waals surface area contributed by atoms with Crippen molar-refractivity contribution in [3.63, 3.8) is 0 Å². The van der Waals surface area contributed by atoms with Gasteiger partial charge in [-0.1, -0.05) is 25.1 Å². The number of ether oxygens (including phenoxy) is 1. The van der Waals surface area contributed by atoms with Crippen LogP contribution in [-0.4, -0.2) is 44.7 Å². The first-order valence-electron chi connectivity index (χ1n) is 10.1. The zero-order valence-electron chi connectivity index (χ0n) is 16.0. The number of para-hydroxylation sites is 1. The minimum Gasteiger partial charge on any atom is -0.493 e. The van der Waals surface area contributed by atoms with Crippen LogP contribution in [0.1, 0.15) is 44.6 Å². The maximum Gasteiger partial charge on any atom is 0.237 e. The molecule has 0 bridgehead atoms. The lowest BCUT2D eigenvalue weighted by molar-refractivity contribution is -0.123. The van der Waals surface area contributed by atoms with Gasteiger partial charge < -0.3 is 20.7 Å². The summed E-state index contributed by atoms with van der Waals surface area (Å²) in [6.07, 6.45) is 6.20. The van der Waals surface area contributed by atoms with Crippen molar-refractivity contribution in [2.75, 3.05) is 32.8 Å². The Labute approximate surface area is 157 Å². The maximum absolute atomic E-state index is 12.5. The van der Waals surface area contributed by atoms with Gasteiger partial charge >= 0.3 is 0 Å². The summed E-state index contributed by atoms with van der Waals surface area (Å²) in [5, 5.41) is 9.99. The molecule has 0 aliphatic carbocycles. The van der Waals surface area contributed by atoms with E-state index in [0.717, 1.165) is 57.7 Å². The van der Waals surface area contributed by atoms with Crippen LogP contribution in [0.3, 0.4) is 0 Å². The number of amides is 1. The van der Waals surface area contributed by atoms with Crippen LogP contribution in [0, 0.1) is 5.41 Å². The highest BCUT2D eigenvalue weighted by Crippen LogP contribution is 2.37. The van der Waals surface area contributed by atoms with Gasteiger partial charge in [0.1, 0.15) is 5.75 Å². The standard InChI is InChI=1S/C21H33N3O2/c1-2-14-26-19-8-4-3-6-17(19)7-5-11-23-20(25)18-15-21(16-24-18)9-12-22-13-10-21/h3-4,6,8,18,22,24H,2,5,7,9-16H2,1H3,(H,23,25)/t18-/m0/s1. The van der Waals surface area contributed by atoms with Gasteiger partial charge in [-0.25, -0.2) is 0 Å². The first kappa shape index (κ1) is 19.2. The summed E-state index contributed by atoms with van der Waals surface area (Å²) in [4.78, 5) is 12.5. The van der Waals surface area contributed by atoms with Crippen LogP contribution >= 0.6 is 0 Å². The van der Waals surface area contributed by atoms with Gasteiger partial charge in [0, 0.05) is 13.1 Å². The van der Waals surface area contributed by atoms with Gasteiger partial charge in [0.2, 0.25) is 5.91 Å². The predicted octanol–water partition coefficient (Wildman–Crippen LogP) is 2.26. The smallest absolute Gasteiger partial charge is 0.237 e. The van der Waals surface area contributed by atoms with Crippen LogP contribution in [0.4, 0.5) is 0 Å². The Morgan fingerprint density at radius 2 is 2.12 bits per heavy atom. The highest BCUT2D eigenvalue weighted by Gasteiger charge is 2.41. The van der Waals surface area contributed by atoms with E-state index in [1.165, 1.54) is 18.4 Å². The van der Waals surface area contributed by atoms with Crippen molar-refractivity contribution in [1.82, 2.24) is 16.0 Å². The molecule has 3 N–H and O–H groups in total. The molecule has 0 aromatic heterocycles. The third-order valence-electron chi connectivity index (χ3n) is 5.70. The molecule has 1 aromatic rings. The number of benzene rings is 1. The van der Waals surface area contributed by atoms with Crippen molar-refractivity contribution in [2.45, 2.75) is 51.5 Å². The van der Waals surface area contributed by atoms with Crippen molar-refractivity contribution in [1.29, 1.82) is 0 Å². The van der Waals surface area contributed by atoms with Crippen LogP contribution in [-0.2, 0) is 11.2 Å². The van der Waals surface area contributed by atoms with Crippen LogP contribution in [0.2, 0.25) is 0 Å². The molecular formula is C21H33N3O2. The highest BCUT2D eigenvalue weighted by atomic mass is 16.5. The van der Waals surface area contributed by atoms with Crippen LogP contribution < -0.4 is 20.7 Å². The molecule has 2 fully saturated rings. The second-order valence-corrected chi connectivity index (χ2v) is 7.74. The van der Waals surface area contributed by atoms with Crippen molar-refractivity contribution >= 4 is 5.91 Å². The lowest BCUT2D eigenvalue weighted by atomic mass is 9.77. The van der Waals surface area contributed by atoms with E-state index in [9.17, 15) is 4.79 Å². The van der Waals surface area contributed by atoms with E-state index in [0.29, 0.717) is 12.0 Å². The summed E-state index contributed by atoms with van der Waals surface area (Å²) < 4.78 is 5.81. The molecule has 0 unspecified atom stereocenters. The fourth-order valence-corrected chi connectivity index (χ4v) is 4.12. The molecule has 2 aliphatic rings. The molecule has 5 nitrogen and oxygen atoms in total. The Bertz CT molecular complexity index is 584. The molecule has 2 saturated heterocycles. The van der Waals surface area contributed by atoms with Crippen molar-refractivity contribution in [2.24, 2.45) is 5.41 Å². The van der Waals surface area contributed by atoms with E-state index in [4.69, 9.17) is 4.74 Å². The second kappa shape index (κ2) is 9.38. The van der Waals surface area contributed by atoms with Gasteiger partial charge in [-0.05, 0) is 68.7 Å². The molecule has 1 spiro atoms. The highest BCUT2D eigenvalue weighted by molar-refractivity contribution is 5.82. The van der Waals surface area contributed by atoms with E-state index in [1.54, 1.807) is 0 Å². The number of rotatable bonds is 8. The van der Waals surface area contributed by atoms with Crippen molar-refractivity contribution in [3.8, 4) is 5.75 Å². The second-order valence-electron chi connectivity index (χ2n) is 7.74. The molecule has 1 aromatic carbocycles. The van der Waals surface area contributed by atoms with E-state index < -0.39 is 0 Å². The van der Waals surface area contributed by atoms with E-state index in [1.807, 2.05) is 18.2 Å². The first-order chi connectivity index (χ1) is 12.7. The Kier molecular flexibility index (Phi) is 6.92. The third kappa shape index (κ3) is 4.98. The molecule has 0 saturated carbocycles. The number of nitrogens with one attached hydrogen (secondary N) is 3. The van der Waals surface area contributed by atoms with Crippen molar-refractivity contribution < 1.29 is 9.53 Å². The average molecular weight is 360 g/mol. The SMILES string of the molecule is CCCOc1ccccc1CCCNC(=O)[C@@H]1CC2(CCNCC2)CN1. The lowest BCUT2D eigenvalue weighted by Crippen LogP contribution is -2.40. The molecule has 1 atom stereocenters. The molecule has 5 heteroatoms. The number of aryl methyl sites for hydroxylation is 1. The quantitative estimate of drug-likeness (QED) is 0.623. The van der Waals surface area contributed by atoms with Gasteiger partial charge in [0.15, 0.2) is 0 Å². The van der Waals surface area contributed by atoms with Gasteiger partial charge in [-0.3, -0.25) is 4.79 Å². The van der Waals surface area contributed by atoms with Gasteiger partial charge in [0.25, 0.3) is 0 Å². The number of carbonyl (C=O) groups is 1. The van der Waals surface area contributed by atoms with Crippen molar-refractivity contribution in [3.05, 3.63) is 29.8 Å². The summed E-state index contributed by atoms with van der Waals surface area (Å²) in [6.45, 7) is 6.72. The monoisotopic (exact) mass is 359 g/mol. The third-order valence-corrected chi connectivity index (χ3v) is 5.70. The molecule has 0 radical (unpaired) electrons. The van der Waals surface area contributed by atoms with Gasteiger partial charge in [0.05, 0.1) is 12.6 Å². The Hall–Kier alpha value is -1.59. The Balaban J connectivity index is 1.39. The normalized spacial score (nSPS) is 21.7. The molecule has 3 rings (SSSR count). The van der Waals surface area contributed by atoms with Crippen LogP contribution in [0.5, 0.6) is 5.75 Å². The Morgan fingerprint density at radius 3 is 2.92 bits per heavy atom. The Morgan fingerprint density at radius 1 is 1.31 bits per heavy atom. The fraction of sp³-hybridized carbons (Fsp3) is 0.667. The molecule has 1 amide bonds. The fourth-order valence-electron chi connectivity index (χ4n) is 4.12. The van der Waals surface area contributed by atoms with Gasteiger partial charge in [-0.2, -0.15) is 0 Å². The maximum atomic E-state index is 12.5. The molecule has 26 heavy (non-hydrogen) atoms. The topological polar surface area (TPSA) is 62.4 Å². The number of piperidine rings is 1. The zero-order chi connectivity index (χ0) is 18.2. The average Bonchev–Trinajstić information content (AvgIpc) is 3.08. The number of hydrogen-bond acceptors (Lipinski definition) is 4. The van der Waals surface area contributed by atoms with E-state index in [2.05, 4.69) is 28.9 Å². The lowest BCUT2D eigenvalue weighted by Gasteiger charge is -2.33. The molecule has 2 aliphatic heterocycles. The van der Waals surface area contributed by atoms with Crippen LogP contribution in [0.15, 0.2) is 24.3 Å². The summed E-state index contributed by atoms with van der Waals surface area (Å²) in [5.41, 5.74) is 1.56. The zero-order valence-corrected chi connectivity index (χ0v) is 16.0. The minimum atomic E-state index is -0.0201. The molecule has 144 valence electrons. The summed E-state index contributed by atoms with van der Waals surface area (Å²) in [5.74, 6) is 1.14. The molecular weight excluding hydrogens is 326 g/mol. The van der Waals surface area contributed by atoms with E-state index >= 15 is 0 Å². The largest absolute Gasteiger partial charge is 0.493 e. The first-order valence-corrected chi connectivity index (χ1v) is 10.1. The summed E-state index contributed by atoms with van der Waals surface area (Å²) >= 11 is 0. The predicted molar refractivity (Wildman–Crippen MR) is 105 cm³/mol. The van der Waals surface area contributed by atoms with Crippen LogP contribution in [0.25, 0.3) is 0 Å².